The second-order valence-corrected chi connectivity index (χ2v) is 5.83. The zero-order valence-electron chi connectivity index (χ0n) is 11.6. The summed E-state index contributed by atoms with van der Waals surface area (Å²) < 4.78 is 13.0. The lowest BCUT2D eigenvalue weighted by Gasteiger charge is -2.27. The van der Waals surface area contributed by atoms with Crippen molar-refractivity contribution in [3.63, 3.8) is 0 Å². The van der Waals surface area contributed by atoms with Gasteiger partial charge < -0.3 is 10.2 Å². The largest absolute Gasteiger partial charge is 0.335 e. The lowest BCUT2D eigenvalue weighted by molar-refractivity contribution is 0.189. The van der Waals surface area contributed by atoms with Crippen molar-refractivity contribution in [2.75, 3.05) is 6.54 Å². The summed E-state index contributed by atoms with van der Waals surface area (Å²) >= 11 is 0. The highest BCUT2D eigenvalue weighted by molar-refractivity contribution is 5.75. The summed E-state index contributed by atoms with van der Waals surface area (Å²) in [4.78, 5) is 14.3. The number of carbonyl (C=O) groups is 1. The van der Waals surface area contributed by atoms with Gasteiger partial charge >= 0.3 is 6.03 Å². The number of urea groups is 1. The summed E-state index contributed by atoms with van der Waals surface area (Å²) in [5, 5.41) is 3.14. The number of likely N-dealkylation sites (tertiary alicyclic amines) is 1. The van der Waals surface area contributed by atoms with Crippen molar-refractivity contribution in [2.45, 2.75) is 50.6 Å². The molecule has 1 aromatic carbocycles. The van der Waals surface area contributed by atoms with Crippen LogP contribution in [0, 0.1) is 5.82 Å². The molecular weight excluding hydrogens is 255 g/mol. The Morgan fingerprint density at radius 2 is 1.80 bits per heavy atom. The van der Waals surface area contributed by atoms with E-state index in [0.29, 0.717) is 6.04 Å². The Bertz CT molecular complexity index is 468. The van der Waals surface area contributed by atoms with Crippen LogP contribution in [0.4, 0.5) is 9.18 Å². The Kier molecular flexibility index (Phi) is 3.90. The second-order valence-electron chi connectivity index (χ2n) is 5.83. The molecule has 1 N–H and O–H groups in total. The second kappa shape index (κ2) is 5.81. The number of benzene rings is 1. The van der Waals surface area contributed by atoms with E-state index in [1.807, 2.05) is 4.90 Å². The van der Waals surface area contributed by atoms with Crippen LogP contribution in [0.1, 0.15) is 50.1 Å². The molecule has 0 spiro atoms. The first-order valence-electron chi connectivity index (χ1n) is 7.56. The monoisotopic (exact) mass is 276 g/mol. The first-order valence-corrected chi connectivity index (χ1v) is 7.56. The van der Waals surface area contributed by atoms with Crippen molar-refractivity contribution in [3.05, 3.63) is 35.6 Å². The summed E-state index contributed by atoms with van der Waals surface area (Å²) in [5.74, 6) is -0.228. The van der Waals surface area contributed by atoms with Crippen molar-refractivity contribution >= 4 is 6.03 Å². The fourth-order valence-electron chi connectivity index (χ4n) is 3.37. The van der Waals surface area contributed by atoms with Gasteiger partial charge in [-0.3, -0.25) is 0 Å². The number of nitrogens with one attached hydrogen (secondary N) is 1. The molecule has 108 valence electrons. The van der Waals surface area contributed by atoms with E-state index in [0.717, 1.165) is 37.8 Å². The van der Waals surface area contributed by atoms with Gasteiger partial charge in [0.05, 0.1) is 6.04 Å². The zero-order chi connectivity index (χ0) is 13.9. The summed E-state index contributed by atoms with van der Waals surface area (Å²) in [6.45, 7) is 0.792. The van der Waals surface area contributed by atoms with Gasteiger partial charge in [0.25, 0.3) is 0 Å². The molecule has 2 aliphatic rings. The molecule has 4 heteroatoms. The molecule has 1 atom stereocenters. The Hall–Kier alpha value is -1.58. The highest BCUT2D eigenvalue weighted by atomic mass is 19.1. The number of amides is 2. The van der Waals surface area contributed by atoms with Gasteiger partial charge in [-0.15, -0.1) is 0 Å². The van der Waals surface area contributed by atoms with Gasteiger partial charge in [0.15, 0.2) is 0 Å². The third-order valence-corrected chi connectivity index (χ3v) is 4.45. The van der Waals surface area contributed by atoms with Crippen LogP contribution in [0.2, 0.25) is 0 Å². The molecule has 0 aromatic heterocycles. The predicted octanol–water partition coefficient (Wildman–Crippen LogP) is 3.61. The molecule has 2 fully saturated rings. The van der Waals surface area contributed by atoms with Crippen molar-refractivity contribution in [3.8, 4) is 0 Å². The normalized spacial score (nSPS) is 23.2. The van der Waals surface area contributed by atoms with Crippen LogP contribution in [-0.4, -0.2) is 23.5 Å². The van der Waals surface area contributed by atoms with E-state index in [1.165, 1.54) is 25.0 Å². The molecule has 3 nitrogen and oxygen atoms in total. The molecule has 1 aliphatic carbocycles. The van der Waals surface area contributed by atoms with E-state index in [1.54, 1.807) is 12.1 Å². The summed E-state index contributed by atoms with van der Waals surface area (Å²) in [5.41, 5.74) is 1.03. The van der Waals surface area contributed by atoms with Gasteiger partial charge in [0, 0.05) is 12.6 Å². The number of rotatable bonds is 2. The van der Waals surface area contributed by atoms with E-state index in [2.05, 4.69) is 5.32 Å². The number of hydrogen-bond acceptors (Lipinski definition) is 1. The molecule has 0 unspecified atom stereocenters. The average Bonchev–Trinajstić information content (AvgIpc) is 3.10. The van der Waals surface area contributed by atoms with Gasteiger partial charge in [-0.25, -0.2) is 9.18 Å². The maximum atomic E-state index is 13.0. The zero-order valence-corrected chi connectivity index (χ0v) is 11.6. The number of halogens is 1. The van der Waals surface area contributed by atoms with Gasteiger partial charge in [-0.1, -0.05) is 25.0 Å². The van der Waals surface area contributed by atoms with Crippen molar-refractivity contribution in [2.24, 2.45) is 0 Å². The molecule has 2 amide bonds. The van der Waals surface area contributed by atoms with E-state index in [9.17, 15) is 9.18 Å². The fourth-order valence-corrected chi connectivity index (χ4v) is 3.37. The van der Waals surface area contributed by atoms with Gasteiger partial charge in [0.1, 0.15) is 5.82 Å². The predicted molar refractivity (Wildman–Crippen MR) is 75.9 cm³/mol. The SMILES string of the molecule is O=C(NC1CCCC1)N1CCC[C@H]1c1ccc(F)cc1. The van der Waals surface area contributed by atoms with Crippen LogP contribution in [0.15, 0.2) is 24.3 Å². The summed E-state index contributed by atoms with van der Waals surface area (Å²) in [6.07, 6.45) is 6.60. The Balaban J connectivity index is 1.68. The average molecular weight is 276 g/mol. The topological polar surface area (TPSA) is 32.3 Å². The molecule has 3 rings (SSSR count). The summed E-state index contributed by atoms with van der Waals surface area (Å²) in [7, 11) is 0. The van der Waals surface area contributed by atoms with Gasteiger partial charge in [-0.05, 0) is 43.4 Å². The van der Waals surface area contributed by atoms with Crippen LogP contribution in [0.25, 0.3) is 0 Å². The molecule has 1 saturated heterocycles. The minimum atomic E-state index is -0.228. The smallest absolute Gasteiger partial charge is 0.318 e. The van der Waals surface area contributed by atoms with Crippen LogP contribution in [-0.2, 0) is 0 Å². The molecule has 1 heterocycles. The maximum absolute atomic E-state index is 13.0. The van der Waals surface area contributed by atoms with Gasteiger partial charge in [0.2, 0.25) is 0 Å². The molecule has 1 aromatic rings. The highest BCUT2D eigenvalue weighted by Crippen LogP contribution is 2.32. The molecule has 0 bridgehead atoms. The van der Waals surface area contributed by atoms with Crippen LogP contribution >= 0.6 is 0 Å². The highest BCUT2D eigenvalue weighted by Gasteiger charge is 2.31. The number of nitrogens with zero attached hydrogens (tertiary/aromatic N) is 1. The van der Waals surface area contributed by atoms with Crippen LogP contribution in [0.3, 0.4) is 0 Å². The van der Waals surface area contributed by atoms with E-state index < -0.39 is 0 Å². The van der Waals surface area contributed by atoms with Crippen LogP contribution in [0.5, 0.6) is 0 Å². The van der Waals surface area contributed by atoms with E-state index in [-0.39, 0.29) is 17.9 Å². The lowest BCUT2D eigenvalue weighted by atomic mass is 10.0. The standard InChI is InChI=1S/C16H21FN2O/c17-13-9-7-12(8-10-13)15-6-3-11-19(15)16(20)18-14-4-1-2-5-14/h7-10,14-15H,1-6,11H2,(H,18,20)/t15-/m0/s1. The third-order valence-electron chi connectivity index (χ3n) is 4.45. The minimum absolute atomic E-state index is 0.0451. The molecule has 1 saturated carbocycles. The van der Waals surface area contributed by atoms with Gasteiger partial charge in [-0.2, -0.15) is 0 Å². The van der Waals surface area contributed by atoms with E-state index >= 15 is 0 Å². The lowest BCUT2D eigenvalue weighted by Crippen LogP contribution is -2.43. The minimum Gasteiger partial charge on any atom is -0.335 e. The van der Waals surface area contributed by atoms with Crippen molar-refractivity contribution in [1.29, 1.82) is 0 Å². The van der Waals surface area contributed by atoms with Crippen LogP contribution < -0.4 is 5.32 Å². The van der Waals surface area contributed by atoms with Crippen molar-refractivity contribution < 1.29 is 9.18 Å². The molecule has 0 radical (unpaired) electrons. The molecular formula is C16H21FN2O. The Morgan fingerprint density at radius 1 is 1.10 bits per heavy atom. The first-order chi connectivity index (χ1) is 9.74. The fraction of sp³-hybridized carbons (Fsp3) is 0.562. The maximum Gasteiger partial charge on any atom is 0.318 e. The quantitative estimate of drug-likeness (QED) is 0.879. The molecule has 20 heavy (non-hydrogen) atoms. The Morgan fingerprint density at radius 3 is 2.50 bits per heavy atom. The third kappa shape index (κ3) is 2.79. The first kappa shape index (κ1) is 13.4. The van der Waals surface area contributed by atoms with E-state index in [4.69, 9.17) is 0 Å². The Labute approximate surface area is 119 Å². The summed E-state index contributed by atoms with van der Waals surface area (Å²) in [6, 6.07) is 7.02. The van der Waals surface area contributed by atoms with Crippen molar-refractivity contribution in [1.82, 2.24) is 10.2 Å². The molecule has 1 aliphatic heterocycles. The number of carbonyl (C=O) groups excluding carboxylic acids is 1. The number of hydrogen-bond donors (Lipinski definition) is 1.